The summed E-state index contributed by atoms with van der Waals surface area (Å²) in [5.41, 5.74) is 1.51. The number of methoxy groups -OCH3 is 1. The molecule has 0 fully saturated rings. The van der Waals surface area contributed by atoms with Crippen LogP contribution in [0.4, 0.5) is 9.52 Å². The highest BCUT2D eigenvalue weighted by molar-refractivity contribution is 7.19. The Hall–Kier alpha value is -2.37. The van der Waals surface area contributed by atoms with Gasteiger partial charge in [0.1, 0.15) is 16.5 Å². The number of anilines is 1. The van der Waals surface area contributed by atoms with Crippen molar-refractivity contribution in [1.82, 2.24) is 4.98 Å². The Kier molecular flexibility index (Phi) is 4.83. The largest absolute Gasteiger partial charge is 0.494 e. The van der Waals surface area contributed by atoms with Crippen molar-refractivity contribution >= 4 is 33.8 Å². The smallest absolute Gasteiger partial charge is 0.185 e. The van der Waals surface area contributed by atoms with E-state index in [4.69, 9.17) is 26.4 Å². The second-order valence-electron chi connectivity index (χ2n) is 4.95. The summed E-state index contributed by atoms with van der Waals surface area (Å²) in [7, 11) is 1.42. The molecule has 0 bridgehead atoms. The van der Waals surface area contributed by atoms with E-state index in [1.807, 2.05) is 6.07 Å². The Morgan fingerprint density at radius 2 is 2.42 bits per heavy atom. The summed E-state index contributed by atoms with van der Waals surface area (Å²) in [6.07, 6.45) is 0.321. The summed E-state index contributed by atoms with van der Waals surface area (Å²) in [6, 6.07) is 6.58. The summed E-state index contributed by atoms with van der Waals surface area (Å²) < 4.78 is 19.0. The number of hydrogen-bond donors (Lipinski definition) is 1. The highest BCUT2D eigenvalue weighted by Crippen LogP contribution is 2.28. The summed E-state index contributed by atoms with van der Waals surface area (Å²) in [6.45, 7) is 0.445. The molecular formula is C15H12ClFN4O2S. The normalized spacial score (nSPS) is 16.2. The molecule has 6 nitrogen and oxygen atoms in total. The van der Waals surface area contributed by atoms with Crippen LogP contribution in [0.2, 0.25) is 4.34 Å². The van der Waals surface area contributed by atoms with Crippen molar-refractivity contribution in [2.24, 2.45) is 5.16 Å². The summed E-state index contributed by atoms with van der Waals surface area (Å²) in [5, 5.41) is 16.4. The maximum atomic E-state index is 13.8. The molecule has 3 rings (SSSR count). The number of hydrogen-bond acceptors (Lipinski definition) is 7. The number of nitrogens with one attached hydrogen (secondary N) is 1. The quantitative estimate of drug-likeness (QED) is 0.877. The lowest BCUT2D eigenvalue weighted by molar-refractivity contribution is 0.0949. The molecule has 0 amide bonds. The van der Waals surface area contributed by atoms with Crippen LogP contribution in [0.3, 0.4) is 0 Å². The Balaban J connectivity index is 1.58. The van der Waals surface area contributed by atoms with Gasteiger partial charge < -0.3 is 14.9 Å². The maximum absolute atomic E-state index is 13.8. The van der Waals surface area contributed by atoms with Gasteiger partial charge in [0.25, 0.3) is 0 Å². The van der Waals surface area contributed by atoms with Gasteiger partial charge in [-0.15, -0.1) is 0 Å². The van der Waals surface area contributed by atoms with Gasteiger partial charge in [-0.1, -0.05) is 28.1 Å². The SMILES string of the molecule is COc1ccc(C2=NOC(CNc3nc(C#N)c(Cl)s3)C2)cc1F. The number of halogens is 2. The lowest BCUT2D eigenvalue weighted by Gasteiger charge is -2.08. The van der Waals surface area contributed by atoms with Crippen LogP contribution >= 0.6 is 22.9 Å². The minimum Gasteiger partial charge on any atom is -0.494 e. The average molecular weight is 367 g/mol. The molecule has 0 radical (unpaired) electrons. The molecule has 2 heterocycles. The standard InChI is InChI=1S/C15H12ClFN4O2S/c1-22-13-3-2-8(4-10(13)17)11-5-9(23-21-11)7-19-15-20-12(6-18)14(16)24-15/h2-4,9H,5,7H2,1H3,(H,19,20). The van der Waals surface area contributed by atoms with Gasteiger partial charge in [-0.2, -0.15) is 5.26 Å². The van der Waals surface area contributed by atoms with E-state index in [1.54, 1.807) is 12.1 Å². The lowest BCUT2D eigenvalue weighted by atomic mass is 10.0. The fourth-order valence-electron chi connectivity index (χ4n) is 2.20. The molecule has 1 N–H and O–H groups in total. The van der Waals surface area contributed by atoms with Crippen LogP contribution in [0.15, 0.2) is 23.4 Å². The van der Waals surface area contributed by atoms with Crippen LogP contribution in [0.25, 0.3) is 0 Å². The monoisotopic (exact) mass is 366 g/mol. The zero-order valence-electron chi connectivity index (χ0n) is 12.5. The van der Waals surface area contributed by atoms with Gasteiger partial charge in [-0.25, -0.2) is 9.37 Å². The van der Waals surface area contributed by atoms with Crippen LogP contribution in [0, 0.1) is 17.1 Å². The number of nitrogens with zero attached hydrogens (tertiary/aromatic N) is 3. The predicted molar refractivity (Wildman–Crippen MR) is 89.3 cm³/mol. The van der Waals surface area contributed by atoms with Gasteiger partial charge in [0.2, 0.25) is 0 Å². The van der Waals surface area contributed by atoms with Crippen molar-refractivity contribution in [3.05, 3.63) is 39.6 Å². The van der Waals surface area contributed by atoms with E-state index in [1.165, 1.54) is 24.5 Å². The fraction of sp³-hybridized carbons (Fsp3) is 0.267. The Labute approximate surface area is 146 Å². The third kappa shape index (κ3) is 3.42. The first-order valence-corrected chi connectivity index (χ1v) is 8.17. The van der Waals surface area contributed by atoms with E-state index in [0.717, 1.165) is 0 Å². The molecule has 1 atom stereocenters. The van der Waals surface area contributed by atoms with Gasteiger partial charge >= 0.3 is 0 Å². The van der Waals surface area contributed by atoms with Crippen LogP contribution < -0.4 is 10.1 Å². The minimum absolute atomic E-state index is 0.186. The first kappa shape index (κ1) is 16.5. The van der Waals surface area contributed by atoms with E-state index >= 15 is 0 Å². The van der Waals surface area contributed by atoms with E-state index in [0.29, 0.717) is 33.7 Å². The van der Waals surface area contributed by atoms with Crippen molar-refractivity contribution in [2.45, 2.75) is 12.5 Å². The molecule has 1 aromatic heterocycles. The minimum atomic E-state index is -0.444. The predicted octanol–water partition coefficient (Wildman–Crippen LogP) is 3.42. The highest BCUT2D eigenvalue weighted by Gasteiger charge is 2.23. The van der Waals surface area contributed by atoms with E-state index in [9.17, 15) is 4.39 Å². The van der Waals surface area contributed by atoms with E-state index in [-0.39, 0.29) is 17.5 Å². The van der Waals surface area contributed by atoms with Gasteiger partial charge in [-0.05, 0) is 18.2 Å². The molecule has 0 saturated heterocycles. The number of ether oxygens (including phenoxy) is 1. The lowest BCUT2D eigenvalue weighted by Crippen LogP contribution is -2.20. The van der Waals surface area contributed by atoms with Crippen LogP contribution in [-0.2, 0) is 4.84 Å². The summed E-state index contributed by atoms with van der Waals surface area (Å²) in [5.74, 6) is -0.258. The molecule has 9 heteroatoms. The molecule has 0 saturated carbocycles. The topological polar surface area (TPSA) is 79.5 Å². The van der Waals surface area contributed by atoms with Crippen molar-refractivity contribution in [3.63, 3.8) is 0 Å². The zero-order chi connectivity index (χ0) is 17.1. The first-order chi connectivity index (χ1) is 11.6. The van der Waals surface area contributed by atoms with Gasteiger partial charge in [0, 0.05) is 12.0 Å². The molecule has 1 aliphatic rings. The third-order valence-corrected chi connectivity index (χ3v) is 4.60. The number of rotatable bonds is 5. The maximum Gasteiger partial charge on any atom is 0.185 e. The first-order valence-electron chi connectivity index (χ1n) is 6.97. The number of oxime groups is 1. The Morgan fingerprint density at radius 3 is 3.08 bits per heavy atom. The van der Waals surface area contributed by atoms with Gasteiger partial charge in [0.15, 0.2) is 22.4 Å². The molecule has 124 valence electrons. The second-order valence-corrected chi connectivity index (χ2v) is 6.55. The molecule has 0 aliphatic carbocycles. The number of thiazole rings is 1. The molecular weight excluding hydrogens is 355 g/mol. The van der Waals surface area contributed by atoms with Crippen LogP contribution in [-0.4, -0.2) is 30.5 Å². The average Bonchev–Trinajstić information content (AvgIpc) is 3.19. The fourth-order valence-corrected chi connectivity index (χ4v) is 3.16. The molecule has 24 heavy (non-hydrogen) atoms. The summed E-state index contributed by atoms with van der Waals surface area (Å²) >= 11 is 7.07. The molecule has 0 spiro atoms. The molecule has 1 aromatic carbocycles. The van der Waals surface area contributed by atoms with Gasteiger partial charge in [0.05, 0.1) is 19.4 Å². The molecule has 2 aromatic rings. The van der Waals surface area contributed by atoms with Crippen LogP contribution in [0.1, 0.15) is 17.7 Å². The van der Waals surface area contributed by atoms with Crippen LogP contribution in [0.5, 0.6) is 5.75 Å². The highest BCUT2D eigenvalue weighted by atomic mass is 35.5. The van der Waals surface area contributed by atoms with Gasteiger partial charge in [-0.3, -0.25) is 0 Å². The number of aromatic nitrogens is 1. The number of nitriles is 1. The Bertz CT molecular complexity index is 833. The van der Waals surface area contributed by atoms with Crippen molar-refractivity contribution in [1.29, 1.82) is 5.26 Å². The molecule has 1 aliphatic heterocycles. The number of benzene rings is 1. The zero-order valence-corrected chi connectivity index (χ0v) is 14.1. The summed E-state index contributed by atoms with van der Waals surface area (Å²) in [4.78, 5) is 9.41. The van der Waals surface area contributed by atoms with Crippen molar-refractivity contribution < 1.29 is 14.0 Å². The molecule has 1 unspecified atom stereocenters. The third-order valence-electron chi connectivity index (χ3n) is 3.39. The van der Waals surface area contributed by atoms with E-state index < -0.39 is 5.82 Å². The van der Waals surface area contributed by atoms with Crippen molar-refractivity contribution in [3.8, 4) is 11.8 Å². The second kappa shape index (κ2) is 7.03. The Morgan fingerprint density at radius 1 is 1.58 bits per heavy atom. The van der Waals surface area contributed by atoms with E-state index in [2.05, 4.69) is 15.5 Å². The van der Waals surface area contributed by atoms with Crippen molar-refractivity contribution in [2.75, 3.05) is 19.0 Å².